The van der Waals surface area contributed by atoms with Crippen molar-refractivity contribution in [1.82, 2.24) is 4.90 Å². The van der Waals surface area contributed by atoms with E-state index in [1.165, 1.54) is 25.8 Å². The number of hydrogen-bond acceptors (Lipinski definition) is 1. The molecule has 1 rings (SSSR count). The van der Waals surface area contributed by atoms with Crippen molar-refractivity contribution in [1.29, 1.82) is 0 Å². The Kier molecular flexibility index (Phi) is 5.32. The van der Waals surface area contributed by atoms with Gasteiger partial charge in [-0.25, -0.2) is 0 Å². The maximum atomic E-state index is 3.00. The largest absolute Gasteiger partial charge is 0.304 e. The van der Waals surface area contributed by atoms with Crippen LogP contribution in [0.3, 0.4) is 0 Å². The summed E-state index contributed by atoms with van der Waals surface area (Å²) in [5.74, 6) is 0. The second-order valence-electron chi connectivity index (χ2n) is 2.83. The molecule has 1 aliphatic heterocycles. The Morgan fingerprint density at radius 2 is 1.90 bits per heavy atom. The van der Waals surface area contributed by atoms with Gasteiger partial charge in [0.15, 0.2) is 0 Å². The molecule has 1 unspecified atom stereocenters. The Hall–Kier alpha value is -0.300. The first-order chi connectivity index (χ1) is 4.80. The summed E-state index contributed by atoms with van der Waals surface area (Å²) in [5.41, 5.74) is 0. The fraction of sp³-hybridized carbons (Fsp3) is 0.778. The second kappa shape index (κ2) is 5.48. The Labute approximate surface area is 64.7 Å². The van der Waals surface area contributed by atoms with E-state index in [0.717, 1.165) is 6.04 Å². The summed E-state index contributed by atoms with van der Waals surface area (Å²) in [7, 11) is 2.21. The summed E-state index contributed by atoms with van der Waals surface area (Å²) < 4.78 is 0. The first kappa shape index (κ1) is 9.70. The lowest BCUT2D eigenvalue weighted by molar-refractivity contribution is 0.200. The number of nitrogens with zero attached hydrogens (tertiary/aromatic N) is 1. The Bertz CT molecular complexity index is 70.8. The monoisotopic (exact) mass is 141 g/mol. The zero-order valence-electron chi connectivity index (χ0n) is 7.27. The van der Waals surface area contributed by atoms with Gasteiger partial charge >= 0.3 is 0 Å². The van der Waals surface area contributed by atoms with Crippen LogP contribution in [-0.4, -0.2) is 24.5 Å². The maximum Gasteiger partial charge on any atom is 0.00638 e. The van der Waals surface area contributed by atoms with Gasteiger partial charge in [-0.1, -0.05) is 6.42 Å². The second-order valence-corrected chi connectivity index (χ2v) is 2.83. The molecule has 1 heterocycles. The first-order valence-corrected chi connectivity index (χ1v) is 4.01. The van der Waals surface area contributed by atoms with E-state index in [0.29, 0.717) is 0 Å². The van der Waals surface area contributed by atoms with E-state index >= 15 is 0 Å². The molecule has 60 valence electrons. The van der Waals surface area contributed by atoms with Crippen molar-refractivity contribution in [3.63, 3.8) is 0 Å². The highest BCUT2D eigenvalue weighted by Crippen LogP contribution is 2.13. The molecule has 10 heavy (non-hydrogen) atoms. The molecule has 0 aromatic heterocycles. The van der Waals surface area contributed by atoms with Gasteiger partial charge in [0.2, 0.25) is 0 Å². The van der Waals surface area contributed by atoms with Crippen molar-refractivity contribution < 1.29 is 0 Å². The lowest BCUT2D eigenvalue weighted by Gasteiger charge is -2.29. The quantitative estimate of drug-likeness (QED) is 0.468. The fourth-order valence-electron chi connectivity index (χ4n) is 1.24. The van der Waals surface area contributed by atoms with E-state index in [1.54, 1.807) is 0 Å². The maximum absolute atomic E-state index is 3.00. The van der Waals surface area contributed by atoms with Gasteiger partial charge in [0, 0.05) is 6.04 Å². The predicted molar refractivity (Wildman–Crippen MR) is 47.2 cm³/mol. The Morgan fingerprint density at radius 3 is 2.20 bits per heavy atom. The minimum Gasteiger partial charge on any atom is -0.304 e. The SMILES string of the molecule is C=C.CC1CCCCN1C. The molecular formula is C9H19N. The summed E-state index contributed by atoms with van der Waals surface area (Å²) in [6.07, 6.45) is 4.24. The zero-order valence-corrected chi connectivity index (χ0v) is 7.27. The van der Waals surface area contributed by atoms with E-state index in [9.17, 15) is 0 Å². The number of piperidine rings is 1. The van der Waals surface area contributed by atoms with Crippen LogP contribution in [-0.2, 0) is 0 Å². The molecule has 0 spiro atoms. The van der Waals surface area contributed by atoms with Crippen LogP contribution in [0.15, 0.2) is 13.2 Å². The first-order valence-electron chi connectivity index (χ1n) is 4.01. The molecule has 0 aliphatic carbocycles. The molecule has 1 atom stereocenters. The normalized spacial score (nSPS) is 26.8. The van der Waals surface area contributed by atoms with E-state index < -0.39 is 0 Å². The van der Waals surface area contributed by atoms with Gasteiger partial charge in [-0.2, -0.15) is 0 Å². The molecule has 0 aromatic carbocycles. The summed E-state index contributed by atoms with van der Waals surface area (Å²) in [5, 5.41) is 0. The molecule has 1 fully saturated rings. The van der Waals surface area contributed by atoms with Crippen molar-refractivity contribution in [2.75, 3.05) is 13.6 Å². The van der Waals surface area contributed by atoms with Gasteiger partial charge in [-0.15, -0.1) is 13.2 Å². The summed E-state index contributed by atoms with van der Waals surface area (Å²) in [4.78, 5) is 2.43. The fourth-order valence-corrected chi connectivity index (χ4v) is 1.24. The van der Waals surface area contributed by atoms with Gasteiger partial charge in [-0.3, -0.25) is 0 Å². The zero-order chi connectivity index (χ0) is 7.98. The van der Waals surface area contributed by atoms with Gasteiger partial charge in [0.05, 0.1) is 0 Å². The van der Waals surface area contributed by atoms with Crippen molar-refractivity contribution in [3.8, 4) is 0 Å². The highest BCUT2D eigenvalue weighted by Gasteiger charge is 2.12. The molecule has 0 amide bonds. The van der Waals surface area contributed by atoms with Crippen molar-refractivity contribution in [3.05, 3.63) is 13.2 Å². The van der Waals surface area contributed by atoms with Crippen molar-refractivity contribution >= 4 is 0 Å². The Balaban J connectivity index is 0.000000371. The van der Waals surface area contributed by atoms with Crippen LogP contribution in [0.5, 0.6) is 0 Å². The molecule has 0 aromatic rings. The third-order valence-corrected chi connectivity index (χ3v) is 2.14. The molecule has 1 aliphatic rings. The minimum absolute atomic E-state index is 0.837. The summed E-state index contributed by atoms with van der Waals surface area (Å²) >= 11 is 0. The van der Waals surface area contributed by atoms with E-state index in [2.05, 4.69) is 32.0 Å². The lowest BCUT2D eigenvalue weighted by Crippen LogP contribution is -2.33. The smallest absolute Gasteiger partial charge is 0.00638 e. The highest BCUT2D eigenvalue weighted by molar-refractivity contribution is 4.68. The molecule has 1 heteroatoms. The van der Waals surface area contributed by atoms with Gasteiger partial charge in [-0.05, 0) is 33.4 Å². The standard InChI is InChI=1S/C7H15N.C2H4/c1-7-5-3-4-6-8(7)2;1-2/h7H,3-6H2,1-2H3;1-2H2. The van der Waals surface area contributed by atoms with Gasteiger partial charge in [0.1, 0.15) is 0 Å². The molecule has 1 nitrogen and oxygen atoms in total. The van der Waals surface area contributed by atoms with Crippen LogP contribution in [0.1, 0.15) is 26.2 Å². The van der Waals surface area contributed by atoms with E-state index in [1.807, 2.05) is 0 Å². The van der Waals surface area contributed by atoms with E-state index in [4.69, 9.17) is 0 Å². The highest BCUT2D eigenvalue weighted by atomic mass is 15.1. The molecule has 0 radical (unpaired) electrons. The Morgan fingerprint density at radius 1 is 1.30 bits per heavy atom. The molecule has 1 saturated heterocycles. The van der Waals surface area contributed by atoms with Crippen LogP contribution in [0.2, 0.25) is 0 Å². The summed E-state index contributed by atoms with van der Waals surface area (Å²) in [6.45, 7) is 9.61. The van der Waals surface area contributed by atoms with Crippen molar-refractivity contribution in [2.45, 2.75) is 32.2 Å². The van der Waals surface area contributed by atoms with Gasteiger partial charge < -0.3 is 4.90 Å². The molecular weight excluding hydrogens is 122 g/mol. The lowest BCUT2D eigenvalue weighted by atomic mass is 10.1. The van der Waals surface area contributed by atoms with Crippen LogP contribution < -0.4 is 0 Å². The number of hydrogen-bond donors (Lipinski definition) is 0. The summed E-state index contributed by atoms with van der Waals surface area (Å²) in [6, 6.07) is 0.837. The van der Waals surface area contributed by atoms with Crippen LogP contribution in [0, 0.1) is 0 Å². The average Bonchev–Trinajstić information content (AvgIpc) is 2.00. The van der Waals surface area contributed by atoms with Crippen LogP contribution in [0.4, 0.5) is 0 Å². The number of likely N-dealkylation sites (tertiary alicyclic amines) is 1. The minimum atomic E-state index is 0.837. The van der Waals surface area contributed by atoms with Crippen molar-refractivity contribution in [2.24, 2.45) is 0 Å². The predicted octanol–water partition coefficient (Wildman–Crippen LogP) is 2.29. The molecule has 0 N–H and O–H groups in total. The third-order valence-electron chi connectivity index (χ3n) is 2.14. The van der Waals surface area contributed by atoms with Gasteiger partial charge in [0.25, 0.3) is 0 Å². The topological polar surface area (TPSA) is 3.24 Å². The van der Waals surface area contributed by atoms with Crippen LogP contribution in [0.25, 0.3) is 0 Å². The average molecular weight is 141 g/mol. The molecule has 0 bridgehead atoms. The molecule has 0 saturated carbocycles. The van der Waals surface area contributed by atoms with Crippen LogP contribution >= 0.6 is 0 Å². The number of rotatable bonds is 0. The third kappa shape index (κ3) is 3.02. The van der Waals surface area contributed by atoms with E-state index in [-0.39, 0.29) is 0 Å².